The van der Waals surface area contributed by atoms with Crippen molar-refractivity contribution in [3.05, 3.63) is 29.8 Å². The van der Waals surface area contributed by atoms with Crippen molar-refractivity contribution in [2.24, 2.45) is 0 Å². The van der Waals surface area contributed by atoms with Gasteiger partial charge in [-0.3, -0.25) is 14.9 Å². The van der Waals surface area contributed by atoms with E-state index in [0.29, 0.717) is 24.1 Å². The minimum absolute atomic E-state index is 0.288. The number of urea groups is 1. The summed E-state index contributed by atoms with van der Waals surface area (Å²) in [7, 11) is 0. The van der Waals surface area contributed by atoms with Crippen molar-refractivity contribution < 1.29 is 19.1 Å². The van der Waals surface area contributed by atoms with Crippen LogP contribution in [-0.4, -0.2) is 31.4 Å². The Morgan fingerprint density at radius 2 is 2.15 bits per heavy atom. The Morgan fingerprint density at radius 1 is 1.35 bits per heavy atom. The Hall–Kier alpha value is -2.37. The minimum atomic E-state index is -0.546. The zero-order valence-electron chi connectivity index (χ0n) is 11.3. The van der Waals surface area contributed by atoms with E-state index in [4.69, 9.17) is 4.74 Å². The van der Waals surface area contributed by atoms with Crippen LogP contribution in [0.2, 0.25) is 0 Å². The third-order valence-corrected chi connectivity index (χ3v) is 2.43. The van der Waals surface area contributed by atoms with E-state index in [0.717, 1.165) is 12.8 Å². The molecule has 1 aromatic rings. The van der Waals surface area contributed by atoms with Gasteiger partial charge in [-0.15, -0.1) is 0 Å². The van der Waals surface area contributed by atoms with Gasteiger partial charge < -0.3 is 10.1 Å². The molecule has 0 unspecified atom stereocenters. The molecule has 0 saturated carbocycles. The Balaban J connectivity index is 2.31. The maximum absolute atomic E-state index is 11.4. The van der Waals surface area contributed by atoms with Crippen molar-refractivity contribution in [1.82, 2.24) is 10.6 Å². The molecule has 1 aromatic carbocycles. The number of ether oxygens (including phenoxy) is 1. The average Bonchev–Trinajstić information content (AvgIpc) is 2.45. The van der Waals surface area contributed by atoms with Crippen LogP contribution in [0.25, 0.3) is 0 Å². The van der Waals surface area contributed by atoms with E-state index in [9.17, 15) is 14.4 Å². The van der Waals surface area contributed by atoms with E-state index in [1.165, 1.54) is 6.07 Å². The number of rotatable bonds is 7. The standard InChI is InChI=1S/C14H18N2O4/c1-2-3-7-15-14(19)16-13(18)10-20-12-6-4-5-11(8-12)9-17/h4-6,8-9H,2-3,7,10H2,1H3,(H2,15,16,18,19). The van der Waals surface area contributed by atoms with Crippen LogP contribution in [0.4, 0.5) is 4.79 Å². The Labute approximate surface area is 117 Å². The van der Waals surface area contributed by atoms with Crippen LogP contribution >= 0.6 is 0 Å². The normalized spacial score (nSPS) is 9.65. The molecule has 0 radical (unpaired) electrons. The van der Waals surface area contributed by atoms with Gasteiger partial charge in [0.05, 0.1) is 0 Å². The number of imide groups is 1. The molecular weight excluding hydrogens is 260 g/mol. The molecule has 0 heterocycles. The number of unbranched alkanes of at least 4 members (excludes halogenated alkanes) is 1. The summed E-state index contributed by atoms with van der Waals surface area (Å²) in [5.41, 5.74) is 0.459. The smallest absolute Gasteiger partial charge is 0.321 e. The highest BCUT2D eigenvalue weighted by Crippen LogP contribution is 2.11. The highest BCUT2D eigenvalue weighted by molar-refractivity contribution is 5.95. The van der Waals surface area contributed by atoms with Gasteiger partial charge in [0.25, 0.3) is 5.91 Å². The van der Waals surface area contributed by atoms with Gasteiger partial charge in [-0.25, -0.2) is 4.79 Å². The van der Waals surface area contributed by atoms with E-state index in [2.05, 4.69) is 10.6 Å². The zero-order valence-corrected chi connectivity index (χ0v) is 11.3. The second-order valence-electron chi connectivity index (χ2n) is 4.14. The molecule has 0 aliphatic carbocycles. The van der Waals surface area contributed by atoms with Gasteiger partial charge in [0.1, 0.15) is 12.0 Å². The van der Waals surface area contributed by atoms with Crippen LogP contribution < -0.4 is 15.4 Å². The Bertz CT molecular complexity index is 474. The topological polar surface area (TPSA) is 84.5 Å². The third-order valence-electron chi connectivity index (χ3n) is 2.43. The summed E-state index contributed by atoms with van der Waals surface area (Å²) in [6.45, 7) is 2.24. The number of nitrogens with one attached hydrogen (secondary N) is 2. The molecule has 20 heavy (non-hydrogen) atoms. The highest BCUT2D eigenvalue weighted by atomic mass is 16.5. The molecule has 0 saturated heterocycles. The number of hydrogen-bond donors (Lipinski definition) is 2. The van der Waals surface area contributed by atoms with Crippen LogP contribution in [0.3, 0.4) is 0 Å². The predicted molar refractivity (Wildman–Crippen MR) is 73.8 cm³/mol. The molecule has 0 aliphatic rings. The van der Waals surface area contributed by atoms with Gasteiger partial charge in [-0.05, 0) is 18.6 Å². The first-order valence-electron chi connectivity index (χ1n) is 6.41. The lowest BCUT2D eigenvalue weighted by Crippen LogP contribution is -2.41. The zero-order chi connectivity index (χ0) is 14.8. The average molecular weight is 278 g/mol. The summed E-state index contributed by atoms with van der Waals surface area (Å²) < 4.78 is 5.19. The van der Waals surface area contributed by atoms with Gasteiger partial charge in [0.15, 0.2) is 6.61 Å². The molecule has 0 aromatic heterocycles. The van der Waals surface area contributed by atoms with Gasteiger partial charge in [0, 0.05) is 12.1 Å². The van der Waals surface area contributed by atoms with Crippen molar-refractivity contribution in [3.8, 4) is 5.75 Å². The lowest BCUT2D eigenvalue weighted by molar-refractivity contribution is -0.122. The van der Waals surface area contributed by atoms with Crippen molar-refractivity contribution in [2.45, 2.75) is 19.8 Å². The fraction of sp³-hybridized carbons (Fsp3) is 0.357. The van der Waals surface area contributed by atoms with E-state index in [1.54, 1.807) is 18.2 Å². The number of carbonyl (C=O) groups excluding carboxylic acids is 3. The highest BCUT2D eigenvalue weighted by Gasteiger charge is 2.07. The van der Waals surface area contributed by atoms with Gasteiger partial charge in [-0.1, -0.05) is 25.5 Å². The van der Waals surface area contributed by atoms with Crippen molar-refractivity contribution in [3.63, 3.8) is 0 Å². The molecule has 0 fully saturated rings. The quantitative estimate of drug-likeness (QED) is 0.585. The molecule has 2 N–H and O–H groups in total. The molecule has 0 spiro atoms. The number of carbonyl (C=O) groups is 3. The Morgan fingerprint density at radius 3 is 2.85 bits per heavy atom. The SMILES string of the molecule is CCCCNC(=O)NC(=O)COc1cccc(C=O)c1. The molecule has 0 atom stereocenters. The van der Waals surface area contributed by atoms with Crippen LogP contribution in [0.15, 0.2) is 24.3 Å². The van der Waals surface area contributed by atoms with Gasteiger partial charge in [0.2, 0.25) is 0 Å². The summed E-state index contributed by atoms with van der Waals surface area (Å²) in [6, 6.07) is 5.88. The summed E-state index contributed by atoms with van der Waals surface area (Å²) in [4.78, 5) is 33.3. The largest absolute Gasteiger partial charge is 0.484 e. The summed E-state index contributed by atoms with van der Waals surface area (Å²) in [5.74, 6) is -0.147. The molecule has 6 heteroatoms. The first-order valence-corrected chi connectivity index (χ1v) is 6.41. The van der Waals surface area contributed by atoms with Crippen molar-refractivity contribution in [2.75, 3.05) is 13.2 Å². The molecule has 0 aliphatic heterocycles. The van der Waals surface area contributed by atoms with E-state index in [1.807, 2.05) is 6.92 Å². The van der Waals surface area contributed by atoms with E-state index >= 15 is 0 Å². The predicted octanol–water partition coefficient (Wildman–Crippen LogP) is 1.50. The fourth-order valence-electron chi connectivity index (χ4n) is 1.41. The monoisotopic (exact) mass is 278 g/mol. The lowest BCUT2D eigenvalue weighted by atomic mass is 10.2. The fourth-order valence-corrected chi connectivity index (χ4v) is 1.41. The van der Waals surface area contributed by atoms with Crippen LogP contribution in [0, 0.1) is 0 Å². The number of amides is 3. The molecule has 3 amide bonds. The van der Waals surface area contributed by atoms with Crippen LogP contribution in [0.1, 0.15) is 30.1 Å². The maximum Gasteiger partial charge on any atom is 0.321 e. The summed E-state index contributed by atoms with van der Waals surface area (Å²) >= 11 is 0. The van der Waals surface area contributed by atoms with Gasteiger partial charge >= 0.3 is 6.03 Å². The number of hydrogen-bond acceptors (Lipinski definition) is 4. The number of benzene rings is 1. The van der Waals surface area contributed by atoms with Crippen molar-refractivity contribution >= 4 is 18.2 Å². The molecular formula is C14H18N2O4. The van der Waals surface area contributed by atoms with Gasteiger partial charge in [-0.2, -0.15) is 0 Å². The molecule has 1 rings (SSSR count). The number of aldehydes is 1. The first kappa shape index (κ1) is 15.7. The summed E-state index contributed by atoms with van der Waals surface area (Å²) in [6.07, 6.45) is 2.51. The second kappa shape index (κ2) is 8.68. The lowest BCUT2D eigenvalue weighted by Gasteiger charge is -2.08. The van der Waals surface area contributed by atoms with Crippen molar-refractivity contribution in [1.29, 1.82) is 0 Å². The minimum Gasteiger partial charge on any atom is -0.484 e. The Kier molecular flexibility index (Phi) is 6.81. The first-order chi connectivity index (χ1) is 9.65. The third kappa shape index (κ3) is 5.99. The second-order valence-corrected chi connectivity index (χ2v) is 4.14. The van der Waals surface area contributed by atoms with Crippen LogP contribution in [0.5, 0.6) is 5.75 Å². The maximum atomic E-state index is 11.4. The summed E-state index contributed by atoms with van der Waals surface area (Å²) in [5, 5.41) is 4.71. The van der Waals surface area contributed by atoms with Crippen LogP contribution in [-0.2, 0) is 4.79 Å². The molecule has 108 valence electrons. The molecule has 0 bridgehead atoms. The van der Waals surface area contributed by atoms with E-state index in [-0.39, 0.29) is 6.61 Å². The molecule has 6 nitrogen and oxygen atoms in total. The van der Waals surface area contributed by atoms with E-state index < -0.39 is 11.9 Å².